The molecule has 100 valence electrons. The highest BCUT2D eigenvalue weighted by Crippen LogP contribution is 2.16. The lowest BCUT2D eigenvalue weighted by Crippen LogP contribution is -2.10. The van der Waals surface area contributed by atoms with Crippen LogP contribution < -0.4 is 0 Å². The van der Waals surface area contributed by atoms with E-state index in [1.807, 2.05) is 0 Å². The summed E-state index contributed by atoms with van der Waals surface area (Å²) in [4.78, 5) is 0. The average molecular weight is 238 g/mol. The third-order valence-corrected chi connectivity index (χ3v) is 3.77. The van der Waals surface area contributed by atoms with Crippen LogP contribution in [0.5, 0.6) is 0 Å². The predicted molar refractivity (Wildman–Crippen MR) is 75.1 cm³/mol. The standard InChI is InChI=1S/C16H30O/c1-15-12-10-8-6-4-2-3-5-7-9-11-13-16(17)14-15/h10,12,15-17H,2-9,11,13-14H2,1H3. The molecule has 0 aromatic heterocycles. The van der Waals surface area contributed by atoms with Crippen molar-refractivity contribution in [2.24, 2.45) is 5.92 Å². The van der Waals surface area contributed by atoms with Gasteiger partial charge in [0.15, 0.2) is 0 Å². The van der Waals surface area contributed by atoms with E-state index in [9.17, 15) is 5.11 Å². The molecule has 0 saturated heterocycles. The van der Waals surface area contributed by atoms with E-state index < -0.39 is 0 Å². The summed E-state index contributed by atoms with van der Waals surface area (Å²) in [5, 5.41) is 9.91. The van der Waals surface area contributed by atoms with E-state index in [1.54, 1.807) is 0 Å². The molecule has 1 heteroatoms. The molecule has 0 aromatic rings. The van der Waals surface area contributed by atoms with Gasteiger partial charge in [-0.15, -0.1) is 0 Å². The summed E-state index contributed by atoms with van der Waals surface area (Å²) < 4.78 is 0. The van der Waals surface area contributed by atoms with Gasteiger partial charge in [0.05, 0.1) is 6.10 Å². The van der Waals surface area contributed by atoms with E-state index in [4.69, 9.17) is 0 Å². The molecule has 1 aliphatic rings. The molecule has 17 heavy (non-hydrogen) atoms. The smallest absolute Gasteiger partial charge is 0.0545 e. The third-order valence-electron chi connectivity index (χ3n) is 3.77. The fraction of sp³-hybridized carbons (Fsp3) is 0.875. The Morgan fingerprint density at radius 1 is 0.882 bits per heavy atom. The summed E-state index contributed by atoms with van der Waals surface area (Å²) >= 11 is 0. The van der Waals surface area contributed by atoms with E-state index in [0.717, 1.165) is 12.8 Å². The molecule has 0 aliphatic heterocycles. The number of allylic oxidation sites excluding steroid dienone is 2. The SMILES string of the molecule is CC1C=CCCCCCCCCCCC(O)C1. The van der Waals surface area contributed by atoms with Gasteiger partial charge in [0.2, 0.25) is 0 Å². The number of hydrogen-bond acceptors (Lipinski definition) is 1. The first-order chi connectivity index (χ1) is 8.29. The summed E-state index contributed by atoms with van der Waals surface area (Å²) in [5.41, 5.74) is 0. The second-order valence-electron chi connectivity index (χ2n) is 5.70. The molecule has 0 saturated carbocycles. The normalized spacial score (nSPS) is 30.5. The lowest BCUT2D eigenvalue weighted by atomic mass is 9.98. The van der Waals surface area contributed by atoms with Crippen molar-refractivity contribution in [1.82, 2.24) is 0 Å². The molecule has 2 atom stereocenters. The molecule has 1 aliphatic carbocycles. The van der Waals surface area contributed by atoms with Crippen molar-refractivity contribution >= 4 is 0 Å². The molecule has 0 aromatic carbocycles. The van der Waals surface area contributed by atoms with Crippen LogP contribution in [0.1, 0.15) is 77.6 Å². The monoisotopic (exact) mass is 238 g/mol. The van der Waals surface area contributed by atoms with Crippen LogP contribution in [0.25, 0.3) is 0 Å². The maximum Gasteiger partial charge on any atom is 0.0545 e. The molecule has 1 N–H and O–H groups in total. The van der Waals surface area contributed by atoms with Gasteiger partial charge in [-0.3, -0.25) is 0 Å². The number of hydrogen-bond donors (Lipinski definition) is 1. The Balaban J connectivity index is 2.29. The van der Waals surface area contributed by atoms with Gasteiger partial charge in [0.1, 0.15) is 0 Å². The average Bonchev–Trinajstić information content (AvgIpc) is 2.30. The predicted octanol–water partition coefficient (Wildman–Crippen LogP) is 4.84. The summed E-state index contributed by atoms with van der Waals surface area (Å²) in [5.74, 6) is 0.537. The van der Waals surface area contributed by atoms with Crippen LogP contribution in [0.3, 0.4) is 0 Å². The zero-order chi connectivity index (χ0) is 12.3. The van der Waals surface area contributed by atoms with Gasteiger partial charge in [-0.25, -0.2) is 0 Å². The largest absolute Gasteiger partial charge is 0.393 e. The van der Waals surface area contributed by atoms with Gasteiger partial charge in [0, 0.05) is 0 Å². The Morgan fingerprint density at radius 3 is 2.18 bits per heavy atom. The van der Waals surface area contributed by atoms with Crippen LogP contribution in [0, 0.1) is 5.92 Å². The number of rotatable bonds is 0. The molecule has 2 unspecified atom stereocenters. The van der Waals surface area contributed by atoms with E-state index in [0.29, 0.717) is 5.92 Å². The minimum Gasteiger partial charge on any atom is -0.393 e. The van der Waals surface area contributed by atoms with Gasteiger partial charge in [0.25, 0.3) is 0 Å². The minimum absolute atomic E-state index is 0.0835. The fourth-order valence-electron chi connectivity index (χ4n) is 2.66. The van der Waals surface area contributed by atoms with E-state index in [-0.39, 0.29) is 6.10 Å². The molecule has 0 bridgehead atoms. The first kappa shape index (κ1) is 14.8. The van der Waals surface area contributed by atoms with Crippen LogP contribution in [-0.4, -0.2) is 11.2 Å². The molecular weight excluding hydrogens is 208 g/mol. The van der Waals surface area contributed by atoms with Gasteiger partial charge >= 0.3 is 0 Å². The first-order valence-corrected chi connectivity index (χ1v) is 7.64. The third kappa shape index (κ3) is 8.43. The molecule has 0 spiro atoms. The second-order valence-corrected chi connectivity index (χ2v) is 5.70. The maximum absolute atomic E-state index is 9.91. The van der Waals surface area contributed by atoms with E-state index >= 15 is 0 Å². The Hall–Kier alpha value is -0.300. The topological polar surface area (TPSA) is 20.2 Å². The van der Waals surface area contributed by atoms with E-state index in [2.05, 4.69) is 19.1 Å². The Kier molecular flexibility index (Phi) is 8.42. The van der Waals surface area contributed by atoms with Crippen LogP contribution in [-0.2, 0) is 0 Å². The van der Waals surface area contributed by atoms with Crippen molar-refractivity contribution in [3.8, 4) is 0 Å². The van der Waals surface area contributed by atoms with Crippen molar-refractivity contribution in [3.63, 3.8) is 0 Å². The highest BCUT2D eigenvalue weighted by molar-refractivity contribution is 4.87. The molecule has 1 rings (SSSR count). The fourth-order valence-corrected chi connectivity index (χ4v) is 2.66. The van der Waals surface area contributed by atoms with E-state index in [1.165, 1.54) is 57.8 Å². The Labute approximate surface area is 107 Å². The van der Waals surface area contributed by atoms with Crippen molar-refractivity contribution in [1.29, 1.82) is 0 Å². The van der Waals surface area contributed by atoms with Crippen LogP contribution in [0.4, 0.5) is 0 Å². The van der Waals surface area contributed by atoms with Gasteiger partial charge in [-0.1, -0.05) is 64.0 Å². The quantitative estimate of drug-likeness (QED) is 0.598. The minimum atomic E-state index is -0.0835. The zero-order valence-corrected chi connectivity index (χ0v) is 11.5. The van der Waals surface area contributed by atoms with Gasteiger partial charge in [-0.2, -0.15) is 0 Å². The molecule has 0 amide bonds. The van der Waals surface area contributed by atoms with Crippen molar-refractivity contribution < 1.29 is 5.11 Å². The van der Waals surface area contributed by atoms with Crippen molar-refractivity contribution in [2.75, 3.05) is 0 Å². The van der Waals surface area contributed by atoms with Gasteiger partial charge < -0.3 is 5.11 Å². The van der Waals surface area contributed by atoms with Gasteiger partial charge in [-0.05, 0) is 31.6 Å². The molecule has 0 radical (unpaired) electrons. The van der Waals surface area contributed by atoms with Crippen molar-refractivity contribution in [2.45, 2.75) is 83.7 Å². The first-order valence-electron chi connectivity index (χ1n) is 7.64. The number of aliphatic hydroxyl groups is 1. The lowest BCUT2D eigenvalue weighted by molar-refractivity contribution is 0.140. The molecule has 0 heterocycles. The summed E-state index contributed by atoms with van der Waals surface area (Å²) in [6.45, 7) is 2.22. The molecule has 1 nitrogen and oxygen atoms in total. The lowest BCUT2D eigenvalue weighted by Gasteiger charge is -2.13. The number of aliphatic hydroxyl groups excluding tert-OH is 1. The summed E-state index contributed by atoms with van der Waals surface area (Å²) in [6.07, 6.45) is 18.5. The second kappa shape index (κ2) is 9.70. The summed E-state index contributed by atoms with van der Waals surface area (Å²) in [7, 11) is 0. The highest BCUT2D eigenvalue weighted by Gasteiger charge is 2.07. The molecule has 0 fully saturated rings. The maximum atomic E-state index is 9.91. The Bertz CT molecular complexity index is 198. The van der Waals surface area contributed by atoms with Crippen LogP contribution in [0.15, 0.2) is 12.2 Å². The summed E-state index contributed by atoms with van der Waals surface area (Å²) in [6, 6.07) is 0. The molecular formula is C16H30O. The highest BCUT2D eigenvalue weighted by atomic mass is 16.3. The van der Waals surface area contributed by atoms with Crippen LogP contribution >= 0.6 is 0 Å². The Morgan fingerprint density at radius 2 is 1.47 bits per heavy atom. The van der Waals surface area contributed by atoms with Crippen molar-refractivity contribution in [3.05, 3.63) is 12.2 Å². The van der Waals surface area contributed by atoms with Crippen LogP contribution in [0.2, 0.25) is 0 Å². The zero-order valence-electron chi connectivity index (χ0n) is 11.5.